The minimum atomic E-state index is -0.874. The van der Waals surface area contributed by atoms with Crippen molar-refractivity contribution in [3.8, 4) is 0 Å². The number of carbonyl (C=O) groups excluding carboxylic acids is 1. The Labute approximate surface area is 211 Å². The monoisotopic (exact) mass is 488 g/mol. The van der Waals surface area contributed by atoms with Gasteiger partial charge < -0.3 is 21.1 Å². The third-order valence-corrected chi connectivity index (χ3v) is 7.68. The van der Waals surface area contributed by atoms with Crippen LogP contribution in [0.2, 0.25) is 0 Å². The van der Waals surface area contributed by atoms with Gasteiger partial charge in [0.25, 0.3) is 0 Å². The van der Waals surface area contributed by atoms with E-state index in [4.69, 9.17) is 10.5 Å². The van der Waals surface area contributed by atoms with Crippen LogP contribution >= 0.6 is 0 Å². The van der Waals surface area contributed by atoms with Crippen LogP contribution in [0, 0.1) is 11.7 Å². The van der Waals surface area contributed by atoms with Gasteiger partial charge in [0, 0.05) is 26.3 Å². The standard InChI is InChI=1S/C29H33FN4O2/c1-36-28(21-7-3-2-4-8-21)18-25(33-19-28)27(35)34-24-17-22(12-13-23(24)30)29(31,15-14-20-10-11-20)26-9-5-6-16-32-26/h2-9,12-13,16-17,20,25,33H,10-11,14-15,18-19,31H2,1H3,(H,34,35)/t25-,28-,29?/m1/s1. The molecule has 3 atom stereocenters. The number of rotatable bonds is 9. The van der Waals surface area contributed by atoms with E-state index < -0.39 is 23.0 Å². The molecule has 3 aromatic rings. The van der Waals surface area contributed by atoms with E-state index >= 15 is 0 Å². The van der Waals surface area contributed by atoms with Crippen molar-refractivity contribution in [1.82, 2.24) is 10.3 Å². The van der Waals surface area contributed by atoms with Crippen LogP contribution in [0.4, 0.5) is 10.1 Å². The van der Waals surface area contributed by atoms with Crippen LogP contribution in [0.5, 0.6) is 0 Å². The summed E-state index contributed by atoms with van der Waals surface area (Å²) < 4.78 is 20.8. The number of hydrogen-bond acceptors (Lipinski definition) is 5. The molecule has 1 unspecified atom stereocenters. The molecule has 5 rings (SSSR count). The Hall–Kier alpha value is -3.13. The summed E-state index contributed by atoms with van der Waals surface area (Å²) in [6.45, 7) is 0.487. The Bertz CT molecular complexity index is 1200. The second-order valence-corrected chi connectivity index (χ2v) is 10.1. The normalized spacial score (nSPS) is 23.2. The molecule has 1 aliphatic heterocycles. The summed E-state index contributed by atoms with van der Waals surface area (Å²) in [6, 6.07) is 19.7. The van der Waals surface area contributed by atoms with Gasteiger partial charge in [-0.25, -0.2) is 4.39 Å². The molecule has 1 saturated carbocycles. The lowest BCUT2D eigenvalue weighted by molar-refractivity contribution is -0.118. The lowest BCUT2D eigenvalue weighted by Crippen LogP contribution is -2.39. The fourth-order valence-corrected chi connectivity index (χ4v) is 5.19. The molecular formula is C29H33FN4O2. The number of benzene rings is 2. The van der Waals surface area contributed by atoms with Crippen LogP contribution in [-0.4, -0.2) is 30.6 Å². The largest absolute Gasteiger partial charge is 0.372 e. The van der Waals surface area contributed by atoms with Gasteiger partial charge in [-0.05, 0) is 54.2 Å². The number of anilines is 1. The van der Waals surface area contributed by atoms with Crippen LogP contribution < -0.4 is 16.4 Å². The molecule has 2 heterocycles. The van der Waals surface area contributed by atoms with Gasteiger partial charge in [-0.15, -0.1) is 0 Å². The first-order valence-corrected chi connectivity index (χ1v) is 12.6. The van der Waals surface area contributed by atoms with E-state index in [0.717, 1.165) is 23.2 Å². The number of nitrogens with one attached hydrogen (secondary N) is 2. The van der Waals surface area contributed by atoms with Crippen molar-refractivity contribution in [2.24, 2.45) is 11.7 Å². The third kappa shape index (κ3) is 4.91. The van der Waals surface area contributed by atoms with Gasteiger partial charge in [-0.3, -0.25) is 9.78 Å². The predicted molar refractivity (Wildman–Crippen MR) is 138 cm³/mol. The Balaban J connectivity index is 1.37. The smallest absolute Gasteiger partial charge is 0.241 e. The van der Waals surface area contributed by atoms with Crippen LogP contribution in [0.15, 0.2) is 72.9 Å². The van der Waals surface area contributed by atoms with E-state index in [1.54, 1.807) is 25.4 Å². The van der Waals surface area contributed by atoms with Crippen LogP contribution in [0.1, 0.15) is 48.9 Å². The molecule has 2 aliphatic rings. The molecule has 0 spiro atoms. The summed E-state index contributed by atoms with van der Waals surface area (Å²) in [5.41, 5.74) is 8.08. The first kappa shape index (κ1) is 24.6. The molecule has 4 N–H and O–H groups in total. The van der Waals surface area contributed by atoms with Gasteiger partial charge in [0.1, 0.15) is 11.4 Å². The maximum atomic E-state index is 14.9. The van der Waals surface area contributed by atoms with Crippen molar-refractivity contribution in [3.05, 3.63) is 95.6 Å². The zero-order valence-corrected chi connectivity index (χ0v) is 20.5. The number of nitrogens with two attached hydrogens (primary N) is 1. The molecule has 1 amide bonds. The van der Waals surface area contributed by atoms with Gasteiger partial charge in [0.2, 0.25) is 5.91 Å². The van der Waals surface area contributed by atoms with E-state index in [-0.39, 0.29) is 11.6 Å². The minimum absolute atomic E-state index is 0.117. The van der Waals surface area contributed by atoms with Crippen molar-refractivity contribution in [3.63, 3.8) is 0 Å². The third-order valence-electron chi connectivity index (χ3n) is 7.68. The highest BCUT2D eigenvalue weighted by Gasteiger charge is 2.43. The molecule has 36 heavy (non-hydrogen) atoms. The van der Waals surface area contributed by atoms with E-state index in [0.29, 0.717) is 25.3 Å². The topological polar surface area (TPSA) is 89.3 Å². The van der Waals surface area contributed by atoms with Crippen molar-refractivity contribution in [2.45, 2.75) is 49.3 Å². The van der Waals surface area contributed by atoms with Crippen molar-refractivity contribution < 1.29 is 13.9 Å². The van der Waals surface area contributed by atoms with Gasteiger partial charge in [-0.1, -0.05) is 55.3 Å². The van der Waals surface area contributed by atoms with Crippen LogP contribution in [0.3, 0.4) is 0 Å². The second kappa shape index (κ2) is 10.1. The molecule has 1 saturated heterocycles. The van der Waals surface area contributed by atoms with E-state index in [1.165, 1.54) is 18.9 Å². The number of amides is 1. The lowest BCUT2D eigenvalue weighted by atomic mass is 9.82. The lowest BCUT2D eigenvalue weighted by Gasteiger charge is -2.30. The summed E-state index contributed by atoms with van der Waals surface area (Å²) in [5.74, 6) is -0.119. The number of aromatic nitrogens is 1. The molecule has 6 nitrogen and oxygen atoms in total. The SMILES string of the molecule is CO[C@@]1(c2ccccc2)CN[C@@H](C(=O)Nc2cc(C(N)(CCC3CC3)c3ccccn3)ccc2F)C1. The Kier molecular flexibility index (Phi) is 6.88. The zero-order valence-electron chi connectivity index (χ0n) is 20.5. The summed E-state index contributed by atoms with van der Waals surface area (Å²) >= 11 is 0. The molecule has 7 heteroatoms. The number of pyridine rings is 1. The Morgan fingerprint density at radius 2 is 1.97 bits per heavy atom. The van der Waals surface area contributed by atoms with E-state index in [2.05, 4.69) is 15.6 Å². The average molecular weight is 489 g/mol. The summed E-state index contributed by atoms with van der Waals surface area (Å²) in [7, 11) is 1.65. The van der Waals surface area contributed by atoms with Crippen LogP contribution in [0.25, 0.3) is 0 Å². The summed E-state index contributed by atoms with van der Waals surface area (Å²) in [5, 5.41) is 6.05. The first-order valence-electron chi connectivity index (χ1n) is 12.6. The van der Waals surface area contributed by atoms with Gasteiger partial charge in [-0.2, -0.15) is 0 Å². The average Bonchev–Trinajstić information content (AvgIpc) is 3.65. The molecule has 0 bridgehead atoms. The van der Waals surface area contributed by atoms with Gasteiger partial charge in [0.05, 0.1) is 23.0 Å². The maximum absolute atomic E-state index is 14.9. The number of methoxy groups -OCH3 is 1. The van der Waals surface area contributed by atoms with E-state index in [9.17, 15) is 9.18 Å². The van der Waals surface area contributed by atoms with E-state index in [1.807, 2.05) is 48.5 Å². The van der Waals surface area contributed by atoms with Gasteiger partial charge in [0.15, 0.2) is 0 Å². The molecule has 0 radical (unpaired) electrons. The van der Waals surface area contributed by atoms with Gasteiger partial charge >= 0.3 is 0 Å². The molecule has 1 aromatic heterocycles. The fraction of sp³-hybridized carbons (Fsp3) is 0.379. The van der Waals surface area contributed by atoms with Crippen LogP contribution in [-0.2, 0) is 20.7 Å². The second-order valence-electron chi connectivity index (χ2n) is 10.1. The fourth-order valence-electron chi connectivity index (χ4n) is 5.19. The Morgan fingerprint density at radius 3 is 2.67 bits per heavy atom. The highest BCUT2D eigenvalue weighted by Crippen LogP contribution is 2.40. The number of hydrogen-bond donors (Lipinski definition) is 3. The maximum Gasteiger partial charge on any atom is 0.241 e. The number of halogens is 1. The molecule has 2 fully saturated rings. The first-order chi connectivity index (χ1) is 17.4. The highest BCUT2D eigenvalue weighted by atomic mass is 19.1. The molecule has 1 aliphatic carbocycles. The molecular weight excluding hydrogens is 455 g/mol. The molecule has 2 aromatic carbocycles. The Morgan fingerprint density at radius 1 is 1.19 bits per heavy atom. The highest BCUT2D eigenvalue weighted by molar-refractivity contribution is 5.95. The van der Waals surface area contributed by atoms with Crippen molar-refractivity contribution in [1.29, 1.82) is 0 Å². The summed E-state index contributed by atoms with van der Waals surface area (Å²) in [6.07, 6.45) is 6.30. The minimum Gasteiger partial charge on any atom is -0.372 e. The number of nitrogens with zero attached hydrogens (tertiary/aromatic N) is 1. The quantitative estimate of drug-likeness (QED) is 0.414. The number of carbonyl (C=O) groups is 1. The van der Waals surface area contributed by atoms with Crippen molar-refractivity contribution in [2.75, 3.05) is 19.0 Å². The van der Waals surface area contributed by atoms with Crippen molar-refractivity contribution >= 4 is 11.6 Å². The predicted octanol–water partition coefficient (Wildman–Crippen LogP) is 4.46. The zero-order chi connectivity index (χ0) is 25.2. The summed E-state index contributed by atoms with van der Waals surface area (Å²) in [4.78, 5) is 17.7. The molecule has 188 valence electrons. The number of ether oxygens (including phenoxy) is 1.